The molecular formula is C11H19N3. The fourth-order valence-electron chi connectivity index (χ4n) is 1.32. The van der Waals surface area contributed by atoms with Gasteiger partial charge in [-0.15, -0.1) is 0 Å². The van der Waals surface area contributed by atoms with Crippen LogP contribution in [0.15, 0.2) is 18.3 Å². The Hall–Kier alpha value is -1.09. The van der Waals surface area contributed by atoms with Gasteiger partial charge in [0.15, 0.2) is 0 Å². The Morgan fingerprint density at radius 3 is 2.93 bits per heavy atom. The van der Waals surface area contributed by atoms with Crippen molar-refractivity contribution < 1.29 is 0 Å². The lowest BCUT2D eigenvalue weighted by Crippen LogP contribution is -2.06. The summed E-state index contributed by atoms with van der Waals surface area (Å²) in [6.45, 7) is 3.84. The molecule has 0 aliphatic rings. The molecule has 0 aliphatic heterocycles. The molecule has 78 valence electrons. The van der Waals surface area contributed by atoms with E-state index < -0.39 is 0 Å². The molecule has 1 heterocycles. The minimum atomic E-state index is 0.794. The van der Waals surface area contributed by atoms with Crippen LogP contribution in [0.4, 0.5) is 5.82 Å². The van der Waals surface area contributed by atoms with Gasteiger partial charge in [-0.05, 0) is 37.9 Å². The second-order valence-corrected chi connectivity index (χ2v) is 3.45. The van der Waals surface area contributed by atoms with E-state index in [4.69, 9.17) is 5.73 Å². The third-order valence-electron chi connectivity index (χ3n) is 2.18. The van der Waals surface area contributed by atoms with Crippen molar-refractivity contribution in [1.82, 2.24) is 4.98 Å². The molecule has 0 atom stereocenters. The molecule has 0 radical (unpaired) electrons. The quantitative estimate of drug-likeness (QED) is 0.679. The largest absolute Gasteiger partial charge is 0.370 e. The number of pyridine rings is 1. The highest BCUT2D eigenvalue weighted by Crippen LogP contribution is 2.09. The maximum absolute atomic E-state index is 5.41. The van der Waals surface area contributed by atoms with Gasteiger partial charge in [0.25, 0.3) is 0 Å². The summed E-state index contributed by atoms with van der Waals surface area (Å²) < 4.78 is 0. The number of unbranched alkanes of at least 4 members (excludes halogenated alkanes) is 2. The van der Waals surface area contributed by atoms with Crippen LogP contribution in [0.1, 0.15) is 24.8 Å². The van der Waals surface area contributed by atoms with Crippen molar-refractivity contribution in [2.24, 2.45) is 5.73 Å². The van der Waals surface area contributed by atoms with E-state index in [0.717, 1.165) is 31.7 Å². The Kier molecular flexibility index (Phi) is 5.00. The minimum absolute atomic E-state index is 0.794. The molecule has 3 N–H and O–H groups in total. The number of nitrogens with one attached hydrogen (secondary N) is 1. The number of nitrogens with two attached hydrogens (primary N) is 1. The highest BCUT2D eigenvalue weighted by atomic mass is 15.0. The van der Waals surface area contributed by atoms with Crippen LogP contribution >= 0.6 is 0 Å². The fourth-order valence-corrected chi connectivity index (χ4v) is 1.32. The Labute approximate surface area is 85.7 Å². The molecule has 14 heavy (non-hydrogen) atoms. The summed E-state index contributed by atoms with van der Waals surface area (Å²) >= 11 is 0. The number of hydrogen-bond donors (Lipinski definition) is 2. The number of aromatic nitrogens is 1. The van der Waals surface area contributed by atoms with Crippen LogP contribution in [0.25, 0.3) is 0 Å². The lowest BCUT2D eigenvalue weighted by atomic mass is 10.2. The van der Waals surface area contributed by atoms with Crippen LogP contribution in [0.5, 0.6) is 0 Å². The molecule has 0 saturated heterocycles. The van der Waals surface area contributed by atoms with Gasteiger partial charge in [-0.25, -0.2) is 4.98 Å². The van der Waals surface area contributed by atoms with Crippen molar-refractivity contribution in [2.75, 3.05) is 18.4 Å². The summed E-state index contributed by atoms with van der Waals surface area (Å²) in [4.78, 5) is 4.26. The number of nitrogens with zero attached hydrogens (tertiary/aromatic N) is 1. The molecular weight excluding hydrogens is 174 g/mol. The Morgan fingerprint density at radius 2 is 2.21 bits per heavy atom. The Morgan fingerprint density at radius 1 is 1.36 bits per heavy atom. The van der Waals surface area contributed by atoms with E-state index >= 15 is 0 Å². The zero-order valence-corrected chi connectivity index (χ0v) is 8.79. The summed E-state index contributed by atoms with van der Waals surface area (Å²) in [6, 6.07) is 4.02. The second kappa shape index (κ2) is 6.38. The molecule has 0 bridgehead atoms. The van der Waals surface area contributed by atoms with Gasteiger partial charge in [0.1, 0.15) is 5.82 Å². The SMILES string of the molecule is Cc1cccnc1NCCCCCN. The lowest BCUT2D eigenvalue weighted by molar-refractivity contribution is 0.706. The summed E-state index contributed by atoms with van der Waals surface area (Å²) in [5, 5.41) is 3.32. The molecule has 1 aromatic rings. The average Bonchev–Trinajstić information content (AvgIpc) is 2.20. The van der Waals surface area contributed by atoms with Crippen LogP contribution in [0, 0.1) is 6.92 Å². The average molecular weight is 193 g/mol. The molecule has 0 spiro atoms. The van der Waals surface area contributed by atoms with Gasteiger partial charge >= 0.3 is 0 Å². The van der Waals surface area contributed by atoms with Crippen LogP contribution in [-0.2, 0) is 0 Å². The van der Waals surface area contributed by atoms with Crippen LogP contribution in [-0.4, -0.2) is 18.1 Å². The molecule has 3 nitrogen and oxygen atoms in total. The van der Waals surface area contributed by atoms with Crippen molar-refractivity contribution in [3.05, 3.63) is 23.9 Å². The molecule has 1 aromatic heterocycles. The van der Waals surface area contributed by atoms with Crippen molar-refractivity contribution in [3.63, 3.8) is 0 Å². The maximum atomic E-state index is 5.41. The van der Waals surface area contributed by atoms with Crippen molar-refractivity contribution in [3.8, 4) is 0 Å². The monoisotopic (exact) mass is 193 g/mol. The molecule has 0 aliphatic carbocycles. The zero-order chi connectivity index (χ0) is 10.2. The van der Waals surface area contributed by atoms with Crippen LogP contribution in [0.2, 0.25) is 0 Å². The first-order valence-corrected chi connectivity index (χ1v) is 5.20. The first kappa shape index (κ1) is 11.0. The van der Waals surface area contributed by atoms with E-state index in [1.807, 2.05) is 12.3 Å². The summed E-state index contributed by atoms with van der Waals surface area (Å²) in [7, 11) is 0. The van der Waals surface area contributed by atoms with Gasteiger partial charge in [0.2, 0.25) is 0 Å². The molecule has 0 unspecified atom stereocenters. The number of hydrogen-bond acceptors (Lipinski definition) is 3. The molecule has 1 rings (SSSR count). The van der Waals surface area contributed by atoms with Crippen molar-refractivity contribution in [2.45, 2.75) is 26.2 Å². The molecule has 0 saturated carbocycles. The van der Waals surface area contributed by atoms with Crippen molar-refractivity contribution >= 4 is 5.82 Å². The molecule has 0 fully saturated rings. The number of anilines is 1. The predicted octanol–water partition coefficient (Wildman–Crippen LogP) is 1.93. The maximum Gasteiger partial charge on any atom is 0.128 e. The summed E-state index contributed by atoms with van der Waals surface area (Å²) in [6.07, 6.45) is 5.28. The predicted molar refractivity (Wildman–Crippen MR) is 60.4 cm³/mol. The van der Waals surface area contributed by atoms with Gasteiger partial charge in [-0.2, -0.15) is 0 Å². The van der Waals surface area contributed by atoms with Crippen molar-refractivity contribution in [1.29, 1.82) is 0 Å². The molecule has 0 aromatic carbocycles. The lowest BCUT2D eigenvalue weighted by Gasteiger charge is -2.07. The standard InChI is InChI=1S/C11H19N3/c1-10-6-5-9-14-11(10)13-8-4-2-3-7-12/h5-6,9H,2-4,7-8,12H2,1H3,(H,13,14). The topological polar surface area (TPSA) is 50.9 Å². The van der Waals surface area contributed by atoms with E-state index in [9.17, 15) is 0 Å². The van der Waals surface area contributed by atoms with E-state index in [-0.39, 0.29) is 0 Å². The Balaban J connectivity index is 2.21. The summed E-state index contributed by atoms with van der Waals surface area (Å²) in [5.41, 5.74) is 6.61. The number of rotatable bonds is 6. The van der Waals surface area contributed by atoms with E-state index in [1.165, 1.54) is 12.0 Å². The van der Waals surface area contributed by atoms with Gasteiger partial charge in [0.05, 0.1) is 0 Å². The number of aryl methyl sites for hydroxylation is 1. The first-order chi connectivity index (χ1) is 6.84. The Bertz CT molecular complexity index is 260. The summed E-state index contributed by atoms with van der Waals surface area (Å²) in [5.74, 6) is 1.00. The van der Waals surface area contributed by atoms with Gasteiger partial charge < -0.3 is 11.1 Å². The third kappa shape index (κ3) is 3.75. The van der Waals surface area contributed by atoms with Gasteiger partial charge in [0, 0.05) is 12.7 Å². The highest BCUT2D eigenvalue weighted by molar-refractivity contribution is 5.42. The van der Waals surface area contributed by atoms with Crippen LogP contribution in [0.3, 0.4) is 0 Å². The normalized spacial score (nSPS) is 10.1. The second-order valence-electron chi connectivity index (χ2n) is 3.45. The van der Waals surface area contributed by atoms with Crippen LogP contribution < -0.4 is 11.1 Å². The smallest absolute Gasteiger partial charge is 0.128 e. The zero-order valence-electron chi connectivity index (χ0n) is 8.79. The minimum Gasteiger partial charge on any atom is -0.370 e. The highest BCUT2D eigenvalue weighted by Gasteiger charge is 1.95. The third-order valence-corrected chi connectivity index (χ3v) is 2.18. The van der Waals surface area contributed by atoms with Gasteiger partial charge in [-0.3, -0.25) is 0 Å². The molecule has 0 amide bonds. The van der Waals surface area contributed by atoms with Gasteiger partial charge in [-0.1, -0.05) is 12.5 Å². The van der Waals surface area contributed by atoms with E-state index in [2.05, 4.69) is 23.3 Å². The van der Waals surface area contributed by atoms with E-state index in [0.29, 0.717) is 0 Å². The van der Waals surface area contributed by atoms with E-state index in [1.54, 1.807) is 0 Å². The molecule has 3 heteroatoms. The first-order valence-electron chi connectivity index (χ1n) is 5.20. The fraction of sp³-hybridized carbons (Fsp3) is 0.545.